The molecule has 81 valence electrons. The number of benzene rings is 1. The standard InChI is InChI=1S/C7H8O3S.CH4O.Mn/c1-6-2-4-7(5-3-6)11(8,9)10;1-2;/h2-5H,1H3,(H,8,9,10);2H,1H3;. The van der Waals surface area contributed by atoms with Crippen LogP contribution >= 0.6 is 0 Å². The molecule has 2 N–H and O–H groups in total. The first kappa shape index (κ1) is 16.1. The molecular weight excluding hydrogens is 247 g/mol. The number of hydrogen-bond donors (Lipinski definition) is 2. The molecule has 0 unspecified atom stereocenters. The van der Waals surface area contributed by atoms with Crippen molar-refractivity contribution < 1.29 is 35.1 Å². The summed E-state index contributed by atoms with van der Waals surface area (Å²) < 4.78 is 29.6. The predicted octanol–water partition coefficient (Wildman–Crippen LogP) is 0.848. The van der Waals surface area contributed by atoms with Gasteiger partial charge in [0.15, 0.2) is 0 Å². The van der Waals surface area contributed by atoms with Crippen LogP contribution in [0.4, 0.5) is 0 Å². The van der Waals surface area contributed by atoms with E-state index in [1.807, 2.05) is 6.92 Å². The van der Waals surface area contributed by atoms with Gasteiger partial charge in [0, 0.05) is 24.2 Å². The zero-order chi connectivity index (χ0) is 10.5. The first-order valence-corrected chi connectivity index (χ1v) is 4.93. The van der Waals surface area contributed by atoms with Crippen LogP contribution in [0.15, 0.2) is 29.2 Å². The van der Waals surface area contributed by atoms with E-state index in [0.29, 0.717) is 0 Å². The van der Waals surface area contributed by atoms with Gasteiger partial charge in [-0.15, -0.1) is 0 Å². The molecule has 14 heavy (non-hydrogen) atoms. The van der Waals surface area contributed by atoms with E-state index in [0.717, 1.165) is 12.7 Å². The fraction of sp³-hybridized carbons (Fsp3) is 0.250. The minimum Gasteiger partial charge on any atom is -0.400 e. The van der Waals surface area contributed by atoms with Crippen LogP contribution in [0, 0.1) is 6.92 Å². The molecule has 0 bridgehead atoms. The summed E-state index contributed by atoms with van der Waals surface area (Å²) in [5.74, 6) is 0. The molecule has 0 fully saturated rings. The largest absolute Gasteiger partial charge is 0.400 e. The third-order valence-electron chi connectivity index (χ3n) is 1.32. The molecule has 0 spiro atoms. The Labute approximate surface area is 94.2 Å². The minimum absolute atomic E-state index is 0. The Hall–Kier alpha value is -0.391. The van der Waals surface area contributed by atoms with Crippen molar-refractivity contribution in [1.82, 2.24) is 0 Å². The molecule has 1 aromatic rings. The fourth-order valence-electron chi connectivity index (χ4n) is 0.710. The van der Waals surface area contributed by atoms with E-state index in [2.05, 4.69) is 0 Å². The summed E-state index contributed by atoms with van der Waals surface area (Å²) >= 11 is 0. The first-order valence-electron chi connectivity index (χ1n) is 3.49. The van der Waals surface area contributed by atoms with Gasteiger partial charge in [0.1, 0.15) is 0 Å². The van der Waals surface area contributed by atoms with E-state index in [1.54, 1.807) is 12.1 Å². The van der Waals surface area contributed by atoms with Crippen LogP contribution in [-0.4, -0.2) is 25.2 Å². The minimum atomic E-state index is -4.02. The summed E-state index contributed by atoms with van der Waals surface area (Å²) in [7, 11) is -3.02. The number of hydrogen-bond acceptors (Lipinski definition) is 3. The van der Waals surface area contributed by atoms with Crippen molar-refractivity contribution in [3.05, 3.63) is 29.8 Å². The van der Waals surface area contributed by atoms with Crippen LogP contribution in [0.3, 0.4) is 0 Å². The third kappa shape index (κ3) is 5.36. The molecule has 4 nitrogen and oxygen atoms in total. The third-order valence-corrected chi connectivity index (χ3v) is 2.19. The molecule has 0 aliphatic carbocycles. The fourth-order valence-corrected chi connectivity index (χ4v) is 1.19. The molecule has 0 saturated heterocycles. The normalized spacial score (nSPS) is 9.43. The van der Waals surface area contributed by atoms with Gasteiger partial charge >= 0.3 is 0 Å². The van der Waals surface area contributed by atoms with Crippen molar-refractivity contribution in [2.24, 2.45) is 0 Å². The molecule has 0 atom stereocenters. The molecule has 0 amide bonds. The van der Waals surface area contributed by atoms with Crippen molar-refractivity contribution >= 4 is 10.1 Å². The van der Waals surface area contributed by atoms with Crippen molar-refractivity contribution in [3.8, 4) is 0 Å². The van der Waals surface area contributed by atoms with Gasteiger partial charge in [-0.1, -0.05) is 17.7 Å². The smallest absolute Gasteiger partial charge is 0.294 e. The molecule has 6 heteroatoms. The van der Waals surface area contributed by atoms with Gasteiger partial charge in [-0.05, 0) is 19.1 Å². The monoisotopic (exact) mass is 259 g/mol. The average Bonchev–Trinajstić information content (AvgIpc) is 2.07. The Kier molecular flexibility index (Phi) is 8.00. The second-order valence-corrected chi connectivity index (χ2v) is 3.71. The molecule has 1 aromatic carbocycles. The first-order chi connectivity index (χ1) is 6.00. The Balaban J connectivity index is 0. The van der Waals surface area contributed by atoms with Crippen LogP contribution in [-0.2, 0) is 27.2 Å². The summed E-state index contributed by atoms with van der Waals surface area (Å²) in [6.07, 6.45) is 0. The molecule has 0 aromatic heterocycles. The second kappa shape index (κ2) is 6.98. The van der Waals surface area contributed by atoms with Crippen LogP contribution < -0.4 is 0 Å². The quantitative estimate of drug-likeness (QED) is 0.579. The van der Waals surface area contributed by atoms with E-state index in [1.165, 1.54) is 12.1 Å². The summed E-state index contributed by atoms with van der Waals surface area (Å²) in [5.41, 5.74) is 0.956. The van der Waals surface area contributed by atoms with Crippen LogP contribution in [0.5, 0.6) is 0 Å². The van der Waals surface area contributed by atoms with Gasteiger partial charge in [-0.2, -0.15) is 8.42 Å². The summed E-state index contributed by atoms with van der Waals surface area (Å²) in [6.45, 7) is 1.84. The summed E-state index contributed by atoms with van der Waals surface area (Å²) in [6, 6.07) is 5.99. The maximum atomic E-state index is 10.5. The van der Waals surface area contributed by atoms with Crippen LogP contribution in [0.25, 0.3) is 0 Å². The molecule has 1 rings (SSSR count). The zero-order valence-electron chi connectivity index (χ0n) is 7.81. The van der Waals surface area contributed by atoms with Crippen molar-refractivity contribution in [3.63, 3.8) is 0 Å². The Morgan fingerprint density at radius 3 is 1.71 bits per heavy atom. The van der Waals surface area contributed by atoms with Crippen molar-refractivity contribution in [1.29, 1.82) is 0 Å². The SMILES string of the molecule is CO.Cc1ccc(S(=O)(=O)O)cc1.[Mn]. The Morgan fingerprint density at radius 1 is 1.07 bits per heavy atom. The van der Waals surface area contributed by atoms with E-state index in [9.17, 15) is 8.42 Å². The summed E-state index contributed by atoms with van der Waals surface area (Å²) in [5, 5.41) is 7.00. The second-order valence-electron chi connectivity index (χ2n) is 2.29. The molecule has 0 heterocycles. The maximum Gasteiger partial charge on any atom is 0.294 e. The summed E-state index contributed by atoms with van der Waals surface area (Å²) in [4.78, 5) is -0.0666. The van der Waals surface area contributed by atoms with Crippen molar-refractivity contribution in [2.75, 3.05) is 7.11 Å². The van der Waals surface area contributed by atoms with Gasteiger partial charge in [0.05, 0.1) is 4.90 Å². The van der Waals surface area contributed by atoms with Gasteiger partial charge in [-0.25, -0.2) is 0 Å². The molecule has 0 saturated carbocycles. The molecular formula is C8H12MnO4S. The predicted molar refractivity (Wildman–Crippen MR) is 49.1 cm³/mol. The maximum absolute atomic E-state index is 10.5. The number of aryl methyl sites for hydroxylation is 1. The Bertz CT molecular complexity index is 344. The van der Waals surface area contributed by atoms with Crippen LogP contribution in [0.2, 0.25) is 0 Å². The average molecular weight is 259 g/mol. The van der Waals surface area contributed by atoms with Crippen molar-refractivity contribution in [2.45, 2.75) is 11.8 Å². The number of aliphatic hydroxyl groups excluding tert-OH is 1. The van der Waals surface area contributed by atoms with Gasteiger partial charge in [0.2, 0.25) is 0 Å². The zero-order valence-corrected chi connectivity index (χ0v) is 9.80. The van der Waals surface area contributed by atoms with Gasteiger partial charge < -0.3 is 5.11 Å². The van der Waals surface area contributed by atoms with Crippen LogP contribution in [0.1, 0.15) is 5.56 Å². The van der Waals surface area contributed by atoms with E-state index < -0.39 is 10.1 Å². The molecule has 0 aliphatic rings. The molecule has 0 aliphatic heterocycles. The van der Waals surface area contributed by atoms with E-state index in [4.69, 9.17) is 9.66 Å². The number of rotatable bonds is 1. The van der Waals surface area contributed by atoms with Gasteiger partial charge in [-0.3, -0.25) is 4.55 Å². The number of aliphatic hydroxyl groups is 1. The van der Waals surface area contributed by atoms with Gasteiger partial charge in [0.25, 0.3) is 10.1 Å². The Morgan fingerprint density at radius 2 is 1.43 bits per heavy atom. The topological polar surface area (TPSA) is 74.6 Å². The van der Waals surface area contributed by atoms with E-state index >= 15 is 0 Å². The van der Waals surface area contributed by atoms with E-state index in [-0.39, 0.29) is 22.0 Å². The molecule has 1 radical (unpaired) electrons.